The Morgan fingerprint density at radius 3 is 2.24 bits per heavy atom. The smallest absolute Gasteiger partial charge is 0.334 e. The molecule has 0 saturated heterocycles. The Morgan fingerprint density at radius 2 is 1.57 bits per heavy atom. The number of aromatic nitrogens is 1. The third-order valence-corrected chi connectivity index (χ3v) is 6.34. The van der Waals surface area contributed by atoms with Crippen molar-refractivity contribution in [3.05, 3.63) is 84.7 Å². The van der Waals surface area contributed by atoms with Crippen LogP contribution < -0.4 is 20.5 Å². The van der Waals surface area contributed by atoms with E-state index in [4.69, 9.17) is 15.2 Å². The normalized spacial score (nSPS) is 17.3. The minimum absolute atomic E-state index is 0. The van der Waals surface area contributed by atoms with E-state index in [-0.39, 0.29) is 43.1 Å². The van der Waals surface area contributed by atoms with E-state index in [0.717, 1.165) is 37.0 Å². The first-order valence-corrected chi connectivity index (χ1v) is 12.0. The van der Waals surface area contributed by atoms with Crippen LogP contribution in [0.3, 0.4) is 0 Å². The predicted octanol–water partition coefficient (Wildman–Crippen LogP) is 5.12. The molecule has 37 heavy (non-hydrogen) atoms. The summed E-state index contributed by atoms with van der Waals surface area (Å²) in [5, 5.41) is 2.96. The van der Waals surface area contributed by atoms with Gasteiger partial charge in [-0.1, -0.05) is 30.3 Å². The molecule has 0 bridgehead atoms. The number of esters is 1. The molecule has 1 atom stereocenters. The number of ether oxygens (including phenoxy) is 2. The molecule has 0 radical (unpaired) electrons. The summed E-state index contributed by atoms with van der Waals surface area (Å²) in [6.45, 7) is 0.649. The summed E-state index contributed by atoms with van der Waals surface area (Å²) in [7, 11) is 0. The van der Waals surface area contributed by atoms with E-state index in [1.165, 1.54) is 0 Å². The highest BCUT2D eigenvalue weighted by Gasteiger charge is 2.30. The molecule has 0 unspecified atom stereocenters. The van der Waals surface area contributed by atoms with Crippen LogP contribution in [0.15, 0.2) is 79.1 Å². The van der Waals surface area contributed by atoms with Gasteiger partial charge in [0.25, 0.3) is 0 Å². The molecule has 1 heterocycles. The molecule has 1 aliphatic carbocycles. The second-order valence-electron chi connectivity index (χ2n) is 8.89. The van der Waals surface area contributed by atoms with Crippen molar-refractivity contribution in [1.82, 2.24) is 10.3 Å². The molecule has 1 saturated carbocycles. The SMILES string of the molecule is Cl.Cl.NCC1CCC(C(=O)N[C@@H](Cc2cccc(Oc3ccccc3)c2)C(=O)Oc2ccncc2)CC1. The summed E-state index contributed by atoms with van der Waals surface area (Å²) in [5.74, 6) is 1.47. The number of nitrogens with zero attached hydrogens (tertiary/aromatic N) is 1. The molecule has 1 aromatic heterocycles. The number of halogens is 2. The van der Waals surface area contributed by atoms with Crippen molar-refractivity contribution in [2.45, 2.75) is 38.1 Å². The third kappa shape index (κ3) is 9.04. The van der Waals surface area contributed by atoms with Crippen LogP contribution in [0, 0.1) is 11.8 Å². The van der Waals surface area contributed by atoms with Gasteiger partial charge in [0.1, 0.15) is 23.3 Å². The van der Waals surface area contributed by atoms with Gasteiger partial charge in [0.15, 0.2) is 0 Å². The van der Waals surface area contributed by atoms with E-state index >= 15 is 0 Å². The Labute approximate surface area is 230 Å². The van der Waals surface area contributed by atoms with Gasteiger partial charge < -0.3 is 20.5 Å². The van der Waals surface area contributed by atoms with Gasteiger partial charge in [-0.05, 0) is 80.1 Å². The Hall–Kier alpha value is -3.13. The number of nitrogens with one attached hydrogen (secondary N) is 1. The maximum atomic E-state index is 13.1. The summed E-state index contributed by atoms with van der Waals surface area (Å²) >= 11 is 0. The fraction of sp³-hybridized carbons (Fsp3) is 0.321. The molecule has 198 valence electrons. The molecule has 4 rings (SSSR count). The largest absolute Gasteiger partial charge is 0.457 e. The quantitative estimate of drug-likeness (QED) is 0.362. The molecular weight excluding hydrogens is 513 g/mol. The lowest BCUT2D eigenvalue weighted by Gasteiger charge is -2.28. The molecule has 1 aliphatic rings. The van der Waals surface area contributed by atoms with Crippen molar-refractivity contribution in [3.8, 4) is 17.2 Å². The maximum Gasteiger partial charge on any atom is 0.334 e. The van der Waals surface area contributed by atoms with Crippen molar-refractivity contribution in [3.63, 3.8) is 0 Å². The zero-order chi connectivity index (χ0) is 24.5. The number of carbonyl (C=O) groups excluding carboxylic acids is 2. The van der Waals surface area contributed by atoms with Gasteiger partial charge in [-0.15, -0.1) is 24.8 Å². The summed E-state index contributed by atoms with van der Waals surface area (Å²) in [5.41, 5.74) is 6.64. The highest BCUT2D eigenvalue weighted by Crippen LogP contribution is 2.28. The lowest BCUT2D eigenvalue weighted by atomic mass is 9.81. The first kappa shape index (κ1) is 30.1. The van der Waals surface area contributed by atoms with Gasteiger partial charge in [0.2, 0.25) is 5.91 Å². The number of hydrogen-bond donors (Lipinski definition) is 2. The zero-order valence-electron chi connectivity index (χ0n) is 20.5. The Balaban J connectivity index is 0.00000241. The molecule has 9 heteroatoms. The van der Waals surface area contributed by atoms with Crippen LogP contribution in [-0.2, 0) is 16.0 Å². The fourth-order valence-electron chi connectivity index (χ4n) is 4.33. The first-order chi connectivity index (χ1) is 17.1. The lowest BCUT2D eigenvalue weighted by Crippen LogP contribution is -2.47. The topological polar surface area (TPSA) is 104 Å². The molecular formula is C28H33Cl2N3O4. The van der Waals surface area contributed by atoms with E-state index in [1.54, 1.807) is 24.5 Å². The van der Waals surface area contributed by atoms with Crippen LogP contribution >= 0.6 is 24.8 Å². The number of rotatable bonds is 9. The number of carbonyl (C=O) groups is 2. The van der Waals surface area contributed by atoms with Crippen LogP contribution in [-0.4, -0.2) is 29.4 Å². The van der Waals surface area contributed by atoms with Crippen molar-refractivity contribution in [2.24, 2.45) is 17.6 Å². The lowest BCUT2D eigenvalue weighted by molar-refractivity contribution is -0.140. The van der Waals surface area contributed by atoms with Crippen molar-refractivity contribution in [1.29, 1.82) is 0 Å². The second kappa shape index (κ2) is 15.2. The van der Waals surface area contributed by atoms with Gasteiger partial charge in [0, 0.05) is 24.7 Å². The number of benzene rings is 2. The third-order valence-electron chi connectivity index (χ3n) is 6.34. The second-order valence-corrected chi connectivity index (χ2v) is 8.89. The molecule has 1 amide bonds. The average Bonchev–Trinajstić information content (AvgIpc) is 2.89. The van der Waals surface area contributed by atoms with E-state index in [1.807, 2.05) is 54.6 Å². The highest BCUT2D eigenvalue weighted by atomic mass is 35.5. The Bertz CT molecular complexity index is 1110. The molecule has 7 nitrogen and oxygen atoms in total. The van der Waals surface area contributed by atoms with E-state index in [9.17, 15) is 9.59 Å². The number of nitrogens with two attached hydrogens (primary N) is 1. The molecule has 3 aromatic rings. The van der Waals surface area contributed by atoms with Gasteiger partial charge in [0.05, 0.1) is 0 Å². The molecule has 0 aliphatic heterocycles. The van der Waals surface area contributed by atoms with Crippen LogP contribution in [0.5, 0.6) is 17.2 Å². The number of hydrogen-bond acceptors (Lipinski definition) is 6. The molecule has 1 fully saturated rings. The van der Waals surface area contributed by atoms with E-state index < -0.39 is 12.0 Å². The summed E-state index contributed by atoms with van der Waals surface area (Å²) in [6, 6.07) is 19.4. The van der Waals surface area contributed by atoms with Gasteiger partial charge in [-0.3, -0.25) is 9.78 Å². The fourth-order valence-corrected chi connectivity index (χ4v) is 4.33. The molecule has 2 aromatic carbocycles. The average molecular weight is 546 g/mol. The van der Waals surface area contributed by atoms with Crippen LogP contribution in [0.2, 0.25) is 0 Å². The van der Waals surface area contributed by atoms with Crippen molar-refractivity contribution < 1.29 is 19.1 Å². The summed E-state index contributed by atoms with van der Waals surface area (Å²) in [6.07, 6.45) is 6.80. The molecule has 3 N–H and O–H groups in total. The Morgan fingerprint density at radius 1 is 0.892 bits per heavy atom. The molecule has 0 spiro atoms. The summed E-state index contributed by atoms with van der Waals surface area (Å²) < 4.78 is 11.5. The number of para-hydroxylation sites is 1. The van der Waals surface area contributed by atoms with Gasteiger partial charge in [-0.25, -0.2) is 4.79 Å². The standard InChI is InChI=1S/C28H31N3O4.2ClH/c29-19-20-9-11-22(12-10-20)27(32)31-26(28(33)35-24-13-15-30-16-14-24)18-21-5-4-8-25(17-21)34-23-6-2-1-3-7-23;;/h1-8,13-17,20,22,26H,9-12,18-19,29H2,(H,31,32);2*1H/t20?,22?,26-;;/m0../s1. The van der Waals surface area contributed by atoms with Crippen LogP contribution in [0.4, 0.5) is 0 Å². The van der Waals surface area contributed by atoms with E-state index in [2.05, 4.69) is 10.3 Å². The van der Waals surface area contributed by atoms with Gasteiger partial charge >= 0.3 is 5.97 Å². The maximum absolute atomic E-state index is 13.1. The number of amides is 1. The predicted molar refractivity (Wildman–Crippen MR) is 147 cm³/mol. The van der Waals surface area contributed by atoms with Crippen molar-refractivity contribution >= 4 is 36.7 Å². The summed E-state index contributed by atoms with van der Waals surface area (Å²) in [4.78, 5) is 30.1. The number of pyridine rings is 1. The minimum atomic E-state index is -0.838. The van der Waals surface area contributed by atoms with Crippen LogP contribution in [0.1, 0.15) is 31.2 Å². The monoisotopic (exact) mass is 545 g/mol. The highest BCUT2D eigenvalue weighted by molar-refractivity contribution is 5.87. The zero-order valence-corrected chi connectivity index (χ0v) is 22.1. The van der Waals surface area contributed by atoms with Gasteiger partial charge in [-0.2, -0.15) is 0 Å². The minimum Gasteiger partial charge on any atom is -0.457 e. The van der Waals surface area contributed by atoms with Crippen molar-refractivity contribution in [2.75, 3.05) is 6.54 Å². The first-order valence-electron chi connectivity index (χ1n) is 12.0. The Kier molecular flexibility index (Phi) is 12.4. The van der Waals surface area contributed by atoms with E-state index in [0.29, 0.717) is 24.0 Å². The van der Waals surface area contributed by atoms with Crippen LogP contribution in [0.25, 0.3) is 0 Å².